The number of piperazine rings is 2. The zero-order valence-corrected chi connectivity index (χ0v) is 26.1. The number of likely N-dealkylation sites (N-methyl/N-ethyl adjacent to an activating group) is 1. The van der Waals surface area contributed by atoms with Gasteiger partial charge in [0.1, 0.15) is 16.9 Å². The van der Waals surface area contributed by atoms with Gasteiger partial charge in [0.15, 0.2) is 11.6 Å². The molecule has 16 heteroatoms. The summed E-state index contributed by atoms with van der Waals surface area (Å²) in [5.41, 5.74) is 1.29. The van der Waals surface area contributed by atoms with E-state index in [2.05, 4.69) is 24.3 Å². The predicted molar refractivity (Wildman–Crippen MR) is 165 cm³/mol. The van der Waals surface area contributed by atoms with E-state index in [1.165, 1.54) is 0 Å². The number of nitrogens with zero attached hydrogens (tertiary/aromatic N) is 12. The van der Waals surface area contributed by atoms with Crippen molar-refractivity contribution >= 4 is 40.5 Å². The first-order valence-corrected chi connectivity index (χ1v) is 15.1. The Kier molecular flexibility index (Phi) is 9.20. The van der Waals surface area contributed by atoms with Gasteiger partial charge in [-0.2, -0.15) is 15.0 Å². The van der Waals surface area contributed by atoms with Crippen LogP contribution in [0.25, 0.3) is 11.0 Å². The maximum atomic E-state index is 12.9. The maximum Gasteiger partial charge on any atom is 0.241 e. The van der Waals surface area contributed by atoms with Crippen molar-refractivity contribution in [2.75, 3.05) is 127 Å². The van der Waals surface area contributed by atoms with Crippen LogP contribution in [-0.2, 0) is 32.2 Å². The number of methoxy groups -OCH3 is 2. The first kappa shape index (κ1) is 30.2. The number of carbonyl (C=O) groups excluding carboxylic acids is 1. The molecule has 0 bridgehead atoms. The van der Waals surface area contributed by atoms with E-state index in [0.717, 1.165) is 37.8 Å². The molecule has 3 aliphatic heterocycles. The van der Waals surface area contributed by atoms with Crippen LogP contribution in [0.3, 0.4) is 0 Å². The third-order valence-corrected chi connectivity index (χ3v) is 8.48. The highest BCUT2D eigenvalue weighted by Crippen LogP contribution is 2.34. The molecule has 0 aromatic carbocycles. The van der Waals surface area contributed by atoms with Crippen LogP contribution in [-0.4, -0.2) is 152 Å². The quantitative estimate of drug-likeness (QED) is 0.281. The summed E-state index contributed by atoms with van der Waals surface area (Å²) in [7, 11) is 6.89. The lowest BCUT2D eigenvalue weighted by atomic mass is 10.2. The number of carbonyl (C=O) groups is 1. The zero-order chi connectivity index (χ0) is 30.6. The van der Waals surface area contributed by atoms with Gasteiger partial charge >= 0.3 is 0 Å². The lowest BCUT2D eigenvalue weighted by Crippen LogP contribution is -2.49. The van der Waals surface area contributed by atoms with Gasteiger partial charge in [-0.15, -0.1) is 0 Å². The van der Waals surface area contributed by atoms with Crippen LogP contribution >= 0.6 is 0 Å². The summed E-state index contributed by atoms with van der Waals surface area (Å²) in [6.45, 7) is 8.59. The van der Waals surface area contributed by atoms with Gasteiger partial charge in [0.2, 0.25) is 17.8 Å². The highest BCUT2D eigenvalue weighted by molar-refractivity contribution is 5.96. The third-order valence-electron chi connectivity index (χ3n) is 8.48. The minimum absolute atomic E-state index is 0.0354. The van der Waals surface area contributed by atoms with Gasteiger partial charge in [-0.05, 0) is 0 Å². The van der Waals surface area contributed by atoms with E-state index in [4.69, 9.17) is 34.2 Å². The number of rotatable bonds is 11. The predicted octanol–water partition coefficient (Wildman–Crippen LogP) is -0.302. The summed E-state index contributed by atoms with van der Waals surface area (Å²) >= 11 is 0. The van der Waals surface area contributed by atoms with Crippen molar-refractivity contribution in [2.24, 2.45) is 0 Å². The molecule has 0 radical (unpaired) electrons. The van der Waals surface area contributed by atoms with E-state index in [-0.39, 0.29) is 12.5 Å². The van der Waals surface area contributed by atoms with Crippen LogP contribution in [0, 0.1) is 0 Å². The largest absolute Gasteiger partial charge is 0.383 e. The molecule has 238 valence electrons. The minimum atomic E-state index is 0.0354. The molecule has 2 fully saturated rings. The molecule has 44 heavy (non-hydrogen) atoms. The summed E-state index contributed by atoms with van der Waals surface area (Å²) in [4.78, 5) is 53.8. The molecule has 16 nitrogen and oxygen atoms in total. The van der Waals surface area contributed by atoms with Crippen LogP contribution in [0.4, 0.5) is 23.5 Å². The van der Waals surface area contributed by atoms with Crippen molar-refractivity contribution in [1.82, 2.24) is 39.5 Å². The fraction of sp³-hybridized carbons (Fsp3) is 0.643. The van der Waals surface area contributed by atoms with Crippen molar-refractivity contribution in [3.8, 4) is 0 Å². The summed E-state index contributed by atoms with van der Waals surface area (Å²) in [6, 6.07) is 0. The molecular formula is C28H42N12O4. The van der Waals surface area contributed by atoms with Crippen molar-refractivity contribution in [1.29, 1.82) is 0 Å². The molecule has 0 N–H and O–H groups in total. The molecule has 3 aliphatic rings. The molecule has 3 aromatic heterocycles. The van der Waals surface area contributed by atoms with Crippen LogP contribution in [0.15, 0.2) is 12.4 Å². The zero-order valence-electron chi connectivity index (χ0n) is 26.1. The van der Waals surface area contributed by atoms with Gasteiger partial charge < -0.3 is 43.4 Å². The van der Waals surface area contributed by atoms with Gasteiger partial charge in [0.25, 0.3) is 0 Å². The van der Waals surface area contributed by atoms with E-state index in [1.54, 1.807) is 26.2 Å². The average Bonchev–Trinajstić information content (AvgIpc) is 3.53. The number of hydrogen-bond donors (Lipinski definition) is 0. The molecule has 3 aromatic rings. The maximum absolute atomic E-state index is 12.9. The normalized spacial score (nSPS) is 18.0. The monoisotopic (exact) mass is 610 g/mol. The molecule has 0 unspecified atom stereocenters. The van der Waals surface area contributed by atoms with Crippen molar-refractivity contribution in [3.05, 3.63) is 18.2 Å². The number of hydroxylamine groups is 2. The molecule has 0 saturated carbocycles. The van der Waals surface area contributed by atoms with E-state index < -0.39 is 0 Å². The summed E-state index contributed by atoms with van der Waals surface area (Å²) in [5.74, 6) is 3.52. The minimum Gasteiger partial charge on any atom is -0.383 e. The van der Waals surface area contributed by atoms with E-state index in [1.807, 2.05) is 29.4 Å². The molecule has 0 aliphatic carbocycles. The number of anilines is 4. The highest BCUT2D eigenvalue weighted by Gasteiger charge is 2.31. The summed E-state index contributed by atoms with van der Waals surface area (Å²) in [6.07, 6.45) is 3.84. The van der Waals surface area contributed by atoms with E-state index >= 15 is 0 Å². The van der Waals surface area contributed by atoms with Gasteiger partial charge in [0, 0.05) is 99.1 Å². The fourth-order valence-corrected chi connectivity index (χ4v) is 5.77. The van der Waals surface area contributed by atoms with E-state index in [9.17, 15) is 4.79 Å². The second kappa shape index (κ2) is 13.4. The average molecular weight is 611 g/mol. The SMILES string of the molecule is COCCN(CCOC)c1nc(N2CCN(C)C(=O)C2)c2nc(N3CCn4ccnc4C3)nc(N3CCN(OC)CC3)c2n1. The molecule has 2 saturated heterocycles. The Morgan fingerprint density at radius 2 is 1.45 bits per heavy atom. The van der Waals surface area contributed by atoms with Crippen molar-refractivity contribution in [3.63, 3.8) is 0 Å². The Balaban J connectivity index is 1.51. The smallest absolute Gasteiger partial charge is 0.241 e. The fourth-order valence-electron chi connectivity index (χ4n) is 5.77. The Bertz CT molecular complexity index is 1440. The molecule has 1 amide bonds. The van der Waals surface area contributed by atoms with Crippen LogP contribution in [0.5, 0.6) is 0 Å². The number of fused-ring (bicyclic) bond motifs is 2. The van der Waals surface area contributed by atoms with Crippen LogP contribution in [0.1, 0.15) is 5.82 Å². The molecule has 6 rings (SSSR count). The lowest BCUT2D eigenvalue weighted by Gasteiger charge is -2.36. The van der Waals surface area contributed by atoms with E-state index in [0.29, 0.717) is 87.8 Å². The second-order valence-electron chi connectivity index (χ2n) is 11.2. The Morgan fingerprint density at radius 3 is 2.16 bits per heavy atom. The topological polar surface area (TPSA) is 134 Å². The number of aromatic nitrogens is 6. The Morgan fingerprint density at radius 1 is 0.773 bits per heavy atom. The van der Waals surface area contributed by atoms with Crippen LogP contribution < -0.4 is 19.6 Å². The second-order valence-corrected chi connectivity index (χ2v) is 11.2. The number of ether oxygens (including phenoxy) is 2. The third kappa shape index (κ3) is 6.20. The first-order valence-electron chi connectivity index (χ1n) is 15.1. The molecule has 0 spiro atoms. The molecule has 0 atom stereocenters. The highest BCUT2D eigenvalue weighted by atomic mass is 16.7. The van der Waals surface area contributed by atoms with Gasteiger partial charge in [0.05, 0.1) is 33.4 Å². The Hall–Kier alpha value is -3.86. The molecular weight excluding hydrogens is 568 g/mol. The van der Waals surface area contributed by atoms with Crippen LogP contribution in [0.2, 0.25) is 0 Å². The van der Waals surface area contributed by atoms with Gasteiger partial charge in [-0.25, -0.2) is 15.0 Å². The van der Waals surface area contributed by atoms with Gasteiger partial charge in [-0.1, -0.05) is 0 Å². The van der Waals surface area contributed by atoms with Gasteiger partial charge in [-0.3, -0.25) is 4.79 Å². The first-order chi connectivity index (χ1) is 21.5. The van der Waals surface area contributed by atoms with Crippen molar-refractivity contribution in [2.45, 2.75) is 13.1 Å². The van der Waals surface area contributed by atoms with Crippen molar-refractivity contribution < 1.29 is 19.1 Å². The summed E-state index contributed by atoms with van der Waals surface area (Å²) < 4.78 is 13.0. The molecule has 6 heterocycles. The Labute approximate surface area is 257 Å². The lowest BCUT2D eigenvalue weighted by molar-refractivity contribution is -0.133. The number of hydrogen-bond acceptors (Lipinski definition) is 14. The number of imidazole rings is 1. The standard InChI is InChI=1S/C28H42N12O4/c1-34-7-8-38(20-22(34)41)26-24-23(30-27(33-26)37(15-17-42-2)16-18-43-3)25(36-11-13-40(44-4)14-12-36)32-28(31-24)39-10-9-35-6-5-29-21(35)19-39/h5-6H,7-20H2,1-4H3. The summed E-state index contributed by atoms with van der Waals surface area (Å²) in [5, 5.41) is 1.95. The number of amides is 1.